The number of Topliss-reactive ketones (excluding diaryl/α,β-unsaturated/α-hetero) is 1. The molecule has 19 heavy (non-hydrogen) atoms. The molecule has 1 atom stereocenters. The van der Waals surface area contributed by atoms with Crippen molar-refractivity contribution < 1.29 is 13.2 Å². The molecule has 0 N–H and O–H groups in total. The molecule has 1 aromatic carbocycles. The summed E-state index contributed by atoms with van der Waals surface area (Å²) < 4.78 is 26.7. The van der Waals surface area contributed by atoms with E-state index in [1.54, 1.807) is 30.0 Å². The average Bonchev–Trinajstić information content (AvgIpc) is 2.39. The molecular formula is C13H17NO3S2. The van der Waals surface area contributed by atoms with Gasteiger partial charge in [0.2, 0.25) is 10.0 Å². The van der Waals surface area contributed by atoms with Crippen LogP contribution in [0, 0.1) is 0 Å². The SMILES string of the molecule is CC(=O)c1cccc(S(=O)(=O)N2CCSCC2C)c1. The quantitative estimate of drug-likeness (QED) is 0.801. The van der Waals surface area contributed by atoms with E-state index in [9.17, 15) is 13.2 Å². The van der Waals surface area contributed by atoms with Crippen molar-refractivity contribution in [1.29, 1.82) is 0 Å². The third-order valence-corrected chi connectivity index (χ3v) is 6.35. The van der Waals surface area contributed by atoms with Crippen LogP contribution >= 0.6 is 11.8 Å². The average molecular weight is 299 g/mol. The molecule has 4 nitrogen and oxygen atoms in total. The summed E-state index contributed by atoms with van der Waals surface area (Å²) in [6.07, 6.45) is 0. The molecule has 104 valence electrons. The van der Waals surface area contributed by atoms with E-state index < -0.39 is 10.0 Å². The van der Waals surface area contributed by atoms with E-state index in [2.05, 4.69) is 0 Å². The lowest BCUT2D eigenvalue weighted by molar-refractivity contribution is 0.101. The molecule has 0 aromatic heterocycles. The van der Waals surface area contributed by atoms with Crippen LogP contribution in [0.25, 0.3) is 0 Å². The smallest absolute Gasteiger partial charge is 0.243 e. The number of carbonyl (C=O) groups excluding carboxylic acids is 1. The summed E-state index contributed by atoms with van der Waals surface area (Å²) in [4.78, 5) is 11.6. The van der Waals surface area contributed by atoms with Crippen LogP contribution in [-0.4, -0.2) is 42.6 Å². The number of hydrogen-bond donors (Lipinski definition) is 0. The Hall–Kier alpha value is -0.850. The lowest BCUT2D eigenvalue weighted by Crippen LogP contribution is -2.44. The van der Waals surface area contributed by atoms with Crippen molar-refractivity contribution in [1.82, 2.24) is 4.31 Å². The van der Waals surface area contributed by atoms with Gasteiger partial charge in [0.25, 0.3) is 0 Å². The molecule has 0 amide bonds. The van der Waals surface area contributed by atoms with Gasteiger partial charge in [-0.15, -0.1) is 0 Å². The minimum atomic E-state index is -3.50. The van der Waals surface area contributed by atoms with Crippen LogP contribution in [0.4, 0.5) is 0 Å². The molecule has 0 bridgehead atoms. The van der Waals surface area contributed by atoms with E-state index in [4.69, 9.17) is 0 Å². The fraction of sp³-hybridized carbons (Fsp3) is 0.462. The van der Waals surface area contributed by atoms with Crippen molar-refractivity contribution in [2.45, 2.75) is 24.8 Å². The number of thioether (sulfide) groups is 1. The Kier molecular flexibility index (Phi) is 4.32. The van der Waals surface area contributed by atoms with Crippen molar-refractivity contribution in [2.24, 2.45) is 0 Å². The van der Waals surface area contributed by atoms with Gasteiger partial charge < -0.3 is 0 Å². The molecule has 6 heteroatoms. The number of rotatable bonds is 3. The maximum absolute atomic E-state index is 12.6. The molecule has 0 aliphatic carbocycles. The highest BCUT2D eigenvalue weighted by Crippen LogP contribution is 2.24. The summed E-state index contributed by atoms with van der Waals surface area (Å²) in [6, 6.07) is 6.26. The van der Waals surface area contributed by atoms with E-state index in [1.165, 1.54) is 17.3 Å². The topological polar surface area (TPSA) is 54.5 Å². The molecule has 0 saturated carbocycles. The predicted molar refractivity (Wildman–Crippen MR) is 77.1 cm³/mol. The minimum absolute atomic E-state index is 0.00951. The molecule has 1 heterocycles. The molecular weight excluding hydrogens is 282 g/mol. The molecule has 1 aromatic rings. The summed E-state index contributed by atoms with van der Waals surface area (Å²) in [5.41, 5.74) is 0.431. The fourth-order valence-electron chi connectivity index (χ4n) is 2.08. The predicted octanol–water partition coefficient (Wildman–Crippen LogP) is 2.02. The molecule has 1 fully saturated rings. The van der Waals surface area contributed by atoms with Gasteiger partial charge in [0.05, 0.1) is 4.90 Å². The second-order valence-electron chi connectivity index (χ2n) is 4.62. The highest BCUT2D eigenvalue weighted by Gasteiger charge is 2.31. The lowest BCUT2D eigenvalue weighted by atomic mass is 10.2. The second-order valence-corrected chi connectivity index (χ2v) is 7.66. The van der Waals surface area contributed by atoms with Gasteiger partial charge in [-0.3, -0.25) is 4.79 Å². The third kappa shape index (κ3) is 3.01. The normalized spacial score (nSPS) is 21.3. The van der Waals surface area contributed by atoms with E-state index >= 15 is 0 Å². The van der Waals surface area contributed by atoms with E-state index in [0.29, 0.717) is 12.1 Å². The van der Waals surface area contributed by atoms with Crippen LogP contribution in [-0.2, 0) is 10.0 Å². The Morgan fingerprint density at radius 2 is 2.16 bits per heavy atom. The van der Waals surface area contributed by atoms with Crippen LogP contribution in [0.1, 0.15) is 24.2 Å². The number of ketones is 1. The molecule has 2 rings (SSSR count). The number of carbonyl (C=O) groups is 1. The van der Waals surface area contributed by atoms with Crippen molar-refractivity contribution in [3.05, 3.63) is 29.8 Å². The standard InChI is InChI=1S/C13H17NO3S2/c1-10-9-18-7-6-14(10)19(16,17)13-5-3-4-12(8-13)11(2)15/h3-5,8,10H,6-7,9H2,1-2H3. The first kappa shape index (κ1) is 14.6. The Bertz CT molecular complexity index is 583. The zero-order valence-electron chi connectivity index (χ0n) is 11.0. The van der Waals surface area contributed by atoms with E-state index in [-0.39, 0.29) is 16.7 Å². The molecule has 1 aliphatic rings. The molecule has 0 radical (unpaired) electrons. The fourth-order valence-corrected chi connectivity index (χ4v) is 4.98. The van der Waals surface area contributed by atoms with Crippen molar-refractivity contribution >= 4 is 27.6 Å². The first-order chi connectivity index (χ1) is 8.93. The van der Waals surface area contributed by atoms with E-state index in [0.717, 1.165) is 11.5 Å². The van der Waals surface area contributed by atoms with Crippen LogP contribution in [0.2, 0.25) is 0 Å². The van der Waals surface area contributed by atoms with Crippen molar-refractivity contribution in [3.63, 3.8) is 0 Å². The Balaban J connectivity index is 2.38. The maximum Gasteiger partial charge on any atom is 0.243 e. The van der Waals surface area contributed by atoms with Gasteiger partial charge in [-0.05, 0) is 26.0 Å². The zero-order chi connectivity index (χ0) is 14.0. The van der Waals surface area contributed by atoms with Crippen molar-refractivity contribution in [2.75, 3.05) is 18.1 Å². The maximum atomic E-state index is 12.6. The van der Waals surface area contributed by atoms with Gasteiger partial charge in [0.1, 0.15) is 0 Å². The van der Waals surface area contributed by atoms with Gasteiger partial charge in [-0.1, -0.05) is 12.1 Å². The first-order valence-electron chi connectivity index (χ1n) is 6.13. The van der Waals surface area contributed by atoms with Gasteiger partial charge in [-0.25, -0.2) is 8.42 Å². The van der Waals surface area contributed by atoms with Crippen LogP contribution in [0.3, 0.4) is 0 Å². The highest BCUT2D eigenvalue weighted by atomic mass is 32.2. The number of benzene rings is 1. The van der Waals surface area contributed by atoms with E-state index in [1.807, 2.05) is 6.92 Å². The summed E-state index contributed by atoms with van der Waals surface area (Å²) >= 11 is 1.77. The zero-order valence-corrected chi connectivity index (χ0v) is 12.6. The molecule has 1 aliphatic heterocycles. The van der Waals surface area contributed by atoms with Gasteiger partial charge in [0, 0.05) is 29.7 Å². The van der Waals surface area contributed by atoms with Gasteiger partial charge in [-0.2, -0.15) is 16.1 Å². The van der Waals surface area contributed by atoms with Crippen LogP contribution in [0.5, 0.6) is 0 Å². The first-order valence-corrected chi connectivity index (χ1v) is 8.73. The largest absolute Gasteiger partial charge is 0.295 e. The Morgan fingerprint density at radius 1 is 1.42 bits per heavy atom. The summed E-state index contributed by atoms with van der Waals surface area (Å²) in [5, 5.41) is 0. The highest BCUT2D eigenvalue weighted by molar-refractivity contribution is 7.99. The summed E-state index contributed by atoms with van der Waals surface area (Å²) in [7, 11) is -3.50. The van der Waals surface area contributed by atoms with Crippen LogP contribution in [0.15, 0.2) is 29.2 Å². The minimum Gasteiger partial charge on any atom is -0.295 e. The van der Waals surface area contributed by atoms with Crippen LogP contribution < -0.4 is 0 Å². The molecule has 0 spiro atoms. The summed E-state index contributed by atoms with van der Waals surface area (Å²) in [5.74, 6) is 1.50. The van der Waals surface area contributed by atoms with Gasteiger partial charge in [0.15, 0.2) is 5.78 Å². The van der Waals surface area contributed by atoms with Crippen molar-refractivity contribution in [3.8, 4) is 0 Å². The molecule has 1 unspecified atom stereocenters. The lowest BCUT2D eigenvalue weighted by Gasteiger charge is -2.32. The number of sulfonamides is 1. The second kappa shape index (κ2) is 5.64. The number of hydrogen-bond acceptors (Lipinski definition) is 4. The third-order valence-electron chi connectivity index (χ3n) is 3.15. The Morgan fingerprint density at radius 3 is 2.79 bits per heavy atom. The van der Waals surface area contributed by atoms with Gasteiger partial charge >= 0.3 is 0 Å². The number of nitrogens with zero attached hydrogens (tertiary/aromatic N) is 1. The monoisotopic (exact) mass is 299 g/mol. The molecule has 1 saturated heterocycles. The Labute approximate surface area is 118 Å². The summed E-state index contributed by atoms with van der Waals surface area (Å²) in [6.45, 7) is 3.88.